The van der Waals surface area contributed by atoms with Crippen LogP contribution in [0, 0.1) is 0 Å². The summed E-state index contributed by atoms with van der Waals surface area (Å²) < 4.78 is 5.18. The number of amides is 2. The Morgan fingerprint density at radius 1 is 1.00 bits per heavy atom. The van der Waals surface area contributed by atoms with Gasteiger partial charge in [-0.1, -0.05) is 13.8 Å². The van der Waals surface area contributed by atoms with E-state index in [4.69, 9.17) is 4.42 Å². The standard InChI is InChI=1S/C21H24N4O3/c1-3-25(4-2)12-11-22-20(26)15-5-8-17(9-6-15)24-21(27)16-7-10-19-18(13-16)23-14-28-19/h5-10,13-14H,3-4,11-12H2,1-2H3,(H,22,26)(H,24,27). The van der Waals surface area contributed by atoms with Crippen LogP contribution < -0.4 is 10.6 Å². The van der Waals surface area contributed by atoms with Gasteiger partial charge in [0.05, 0.1) is 0 Å². The van der Waals surface area contributed by atoms with Crippen molar-refractivity contribution in [3.05, 3.63) is 60.0 Å². The molecule has 2 aromatic carbocycles. The number of hydrogen-bond donors (Lipinski definition) is 2. The molecule has 0 saturated heterocycles. The number of likely N-dealkylation sites (N-methyl/N-ethyl adjacent to an activating group) is 1. The van der Waals surface area contributed by atoms with Crippen molar-refractivity contribution in [3.63, 3.8) is 0 Å². The van der Waals surface area contributed by atoms with Crippen LogP contribution in [0.3, 0.4) is 0 Å². The minimum atomic E-state index is -0.249. The van der Waals surface area contributed by atoms with E-state index in [9.17, 15) is 9.59 Å². The molecule has 0 aliphatic rings. The highest BCUT2D eigenvalue weighted by Crippen LogP contribution is 2.16. The van der Waals surface area contributed by atoms with E-state index < -0.39 is 0 Å². The molecule has 2 amide bonds. The highest BCUT2D eigenvalue weighted by atomic mass is 16.3. The van der Waals surface area contributed by atoms with Gasteiger partial charge in [0.2, 0.25) is 0 Å². The average Bonchev–Trinajstić information content (AvgIpc) is 3.19. The van der Waals surface area contributed by atoms with E-state index in [1.165, 1.54) is 6.39 Å². The summed E-state index contributed by atoms with van der Waals surface area (Å²) in [6.45, 7) is 7.55. The van der Waals surface area contributed by atoms with Crippen molar-refractivity contribution < 1.29 is 14.0 Å². The Morgan fingerprint density at radius 2 is 1.71 bits per heavy atom. The molecule has 0 radical (unpaired) electrons. The Hall–Kier alpha value is -3.19. The fourth-order valence-corrected chi connectivity index (χ4v) is 2.88. The lowest BCUT2D eigenvalue weighted by molar-refractivity contribution is 0.0948. The molecule has 0 saturated carbocycles. The second-order valence-corrected chi connectivity index (χ2v) is 6.35. The molecule has 2 N–H and O–H groups in total. The zero-order chi connectivity index (χ0) is 19.9. The molecule has 0 fully saturated rings. The summed E-state index contributed by atoms with van der Waals surface area (Å²) in [5, 5.41) is 5.73. The van der Waals surface area contributed by atoms with Gasteiger partial charge in [-0.25, -0.2) is 4.98 Å². The number of nitrogens with zero attached hydrogens (tertiary/aromatic N) is 2. The normalized spacial score (nSPS) is 11.0. The molecule has 1 aromatic heterocycles. The lowest BCUT2D eigenvalue weighted by atomic mass is 10.1. The van der Waals surface area contributed by atoms with Gasteiger partial charge in [-0.3, -0.25) is 9.59 Å². The number of carbonyl (C=O) groups excluding carboxylic acids is 2. The molecule has 28 heavy (non-hydrogen) atoms. The van der Waals surface area contributed by atoms with Crippen molar-refractivity contribution in [1.82, 2.24) is 15.2 Å². The fourth-order valence-electron chi connectivity index (χ4n) is 2.88. The Balaban J connectivity index is 1.56. The summed E-state index contributed by atoms with van der Waals surface area (Å²) in [6.07, 6.45) is 1.35. The SMILES string of the molecule is CCN(CC)CCNC(=O)c1ccc(NC(=O)c2ccc3ocnc3c2)cc1. The van der Waals surface area contributed by atoms with Gasteiger partial charge < -0.3 is 20.0 Å². The molecule has 0 aliphatic carbocycles. The van der Waals surface area contributed by atoms with Crippen molar-refractivity contribution in [3.8, 4) is 0 Å². The van der Waals surface area contributed by atoms with E-state index in [-0.39, 0.29) is 11.8 Å². The molecule has 3 aromatic rings. The third-order valence-electron chi connectivity index (χ3n) is 4.61. The third kappa shape index (κ3) is 4.75. The van der Waals surface area contributed by atoms with E-state index in [0.717, 1.165) is 19.6 Å². The lowest BCUT2D eigenvalue weighted by Crippen LogP contribution is -2.34. The molecule has 0 atom stereocenters. The number of anilines is 1. The van der Waals surface area contributed by atoms with E-state index in [2.05, 4.69) is 34.4 Å². The summed E-state index contributed by atoms with van der Waals surface area (Å²) in [5.41, 5.74) is 2.92. The van der Waals surface area contributed by atoms with E-state index in [0.29, 0.717) is 34.5 Å². The first kappa shape index (κ1) is 19.6. The van der Waals surface area contributed by atoms with Crippen LogP contribution in [0.15, 0.2) is 53.3 Å². The first-order valence-electron chi connectivity index (χ1n) is 9.36. The first-order valence-corrected chi connectivity index (χ1v) is 9.36. The summed E-state index contributed by atoms with van der Waals surface area (Å²) in [5.74, 6) is -0.372. The maximum atomic E-state index is 12.4. The number of hydrogen-bond acceptors (Lipinski definition) is 5. The van der Waals surface area contributed by atoms with Gasteiger partial charge in [0.25, 0.3) is 11.8 Å². The molecule has 0 bridgehead atoms. The van der Waals surface area contributed by atoms with Crippen molar-refractivity contribution in [2.45, 2.75) is 13.8 Å². The Morgan fingerprint density at radius 3 is 2.43 bits per heavy atom. The average molecular weight is 380 g/mol. The summed E-state index contributed by atoms with van der Waals surface area (Å²) in [4.78, 5) is 30.9. The molecule has 0 spiro atoms. The topological polar surface area (TPSA) is 87.5 Å². The van der Waals surface area contributed by atoms with Crippen molar-refractivity contribution in [1.29, 1.82) is 0 Å². The maximum absolute atomic E-state index is 12.4. The quantitative estimate of drug-likeness (QED) is 0.627. The summed E-state index contributed by atoms with van der Waals surface area (Å²) in [6, 6.07) is 11.9. The molecule has 7 nitrogen and oxygen atoms in total. The number of fused-ring (bicyclic) bond motifs is 1. The monoisotopic (exact) mass is 380 g/mol. The fraction of sp³-hybridized carbons (Fsp3) is 0.286. The minimum Gasteiger partial charge on any atom is -0.443 e. The molecular weight excluding hydrogens is 356 g/mol. The van der Waals surface area contributed by atoms with E-state index >= 15 is 0 Å². The second-order valence-electron chi connectivity index (χ2n) is 6.35. The van der Waals surface area contributed by atoms with Crippen molar-refractivity contribution >= 4 is 28.6 Å². The van der Waals surface area contributed by atoms with Crippen LogP contribution in [0.1, 0.15) is 34.6 Å². The van der Waals surface area contributed by atoms with Crippen LogP contribution in [0.5, 0.6) is 0 Å². The number of aromatic nitrogens is 1. The Kier molecular flexibility index (Phi) is 6.39. The zero-order valence-corrected chi connectivity index (χ0v) is 16.1. The van der Waals surface area contributed by atoms with Gasteiger partial charge >= 0.3 is 0 Å². The van der Waals surface area contributed by atoms with Gasteiger partial charge in [-0.15, -0.1) is 0 Å². The molecule has 7 heteroatoms. The third-order valence-corrected chi connectivity index (χ3v) is 4.61. The predicted molar refractivity (Wildman–Crippen MR) is 109 cm³/mol. The van der Waals surface area contributed by atoms with Gasteiger partial charge in [0.1, 0.15) is 5.52 Å². The van der Waals surface area contributed by atoms with Gasteiger partial charge in [0, 0.05) is 29.9 Å². The number of benzene rings is 2. The molecule has 0 aliphatic heterocycles. The van der Waals surface area contributed by atoms with Crippen LogP contribution in [0.2, 0.25) is 0 Å². The molecule has 146 valence electrons. The number of nitrogens with one attached hydrogen (secondary N) is 2. The number of rotatable bonds is 8. The highest BCUT2D eigenvalue weighted by molar-refractivity contribution is 6.06. The smallest absolute Gasteiger partial charge is 0.255 e. The molecule has 3 rings (SSSR count). The van der Waals surface area contributed by atoms with E-state index in [1.54, 1.807) is 42.5 Å². The molecule has 1 heterocycles. The predicted octanol–water partition coefficient (Wildman–Crippen LogP) is 3.15. The number of oxazole rings is 1. The second kappa shape index (κ2) is 9.14. The van der Waals surface area contributed by atoms with Crippen LogP contribution in [-0.2, 0) is 0 Å². The van der Waals surface area contributed by atoms with Gasteiger partial charge in [0.15, 0.2) is 12.0 Å². The Labute approximate surface area is 163 Å². The van der Waals surface area contributed by atoms with Crippen LogP contribution in [-0.4, -0.2) is 47.9 Å². The van der Waals surface area contributed by atoms with Crippen LogP contribution in [0.25, 0.3) is 11.1 Å². The lowest BCUT2D eigenvalue weighted by Gasteiger charge is -2.18. The van der Waals surface area contributed by atoms with Crippen molar-refractivity contribution in [2.75, 3.05) is 31.5 Å². The maximum Gasteiger partial charge on any atom is 0.255 e. The first-order chi connectivity index (χ1) is 13.6. The zero-order valence-electron chi connectivity index (χ0n) is 16.1. The largest absolute Gasteiger partial charge is 0.443 e. The van der Waals surface area contributed by atoms with Gasteiger partial charge in [-0.05, 0) is 55.6 Å². The van der Waals surface area contributed by atoms with E-state index in [1.807, 2.05) is 0 Å². The van der Waals surface area contributed by atoms with Crippen LogP contribution >= 0.6 is 0 Å². The minimum absolute atomic E-state index is 0.124. The molecular formula is C21H24N4O3. The summed E-state index contributed by atoms with van der Waals surface area (Å²) >= 11 is 0. The van der Waals surface area contributed by atoms with Gasteiger partial charge in [-0.2, -0.15) is 0 Å². The highest BCUT2D eigenvalue weighted by Gasteiger charge is 2.10. The summed E-state index contributed by atoms with van der Waals surface area (Å²) in [7, 11) is 0. The van der Waals surface area contributed by atoms with Crippen molar-refractivity contribution in [2.24, 2.45) is 0 Å². The molecule has 0 unspecified atom stereocenters. The number of carbonyl (C=O) groups is 2. The Bertz CT molecular complexity index is 946. The van der Waals surface area contributed by atoms with Crippen LogP contribution in [0.4, 0.5) is 5.69 Å².